The number of rotatable bonds is 16. The molecular weight excluding hydrogens is 801 g/mol. The normalized spacial score (nSPS) is 17.7. The molecule has 2 saturated carbocycles. The van der Waals surface area contributed by atoms with E-state index in [0.29, 0.717) is 49.2 Å². The molecular formula is C39H46ClF3N8O8. The Morgan fingerprint density at radius 1 is 0.898 bits per heavy atom. The lowest BCUT2D eigenvalue weighted by Gasteiger charge is -2.31. The number of aromatic nitrogens is 3. The zero-order valence-electron chi connectivity index (χ0n) is 32.8. The Bertz CT molecular complexity index is 1990. The molecule has 0 aliphatic heterocycles. The zero-order chi connectivity index (χ0) is 43.0. The molecule has 0 saturated heterocycles. The molecule has 0 radical (unpaired) electrons. The monoisotopic (exact) mass is 846 g/mol. The van der Waals surface area contributed by atoms with Gasteiger partial charge in [0, 0.05) is 34.8 Å². The first-order chi connectivity index (χ1) is 27.8. The highest BCUT2D eigenvalue weighted by Crippen LogP contribution is 2.48. The van der Waals surface area contributed by atoms with E-state index in [4.69, 9.17) is 25.8 Å². The van der Waals surface area contributed by atoms with E-state index >= 15 is 0 Å². The highest BCUT2D eigenvalue weighted by Gasteiger charge is 2.45. The fourth-order valence-electron chi connectivity index (χ4n) is 6.32. The van der Waals surface area contributed by atoms with Crippen molar-refractivity contribution >= 4 is 58.8 Å². The van der Waals surface area contributed by atoms with Gasteiger partial charge in [-0.2, -0.15) is 28.1 Å². The van der Waals surface area contributed by atoms with Crippen LogP contribution in [-0.2, 0) is 29.4 Å². The quantitative estimate of drug-likeness (QED) is 0.0843. The van der Waals surface area contributed by atoms with Gasteiger partial charge in [-0.3, -0.25) is 14.4 Å². The highest BCUT2D eigenvalue weighted by atomic mass is 35.5. The van der Waals surface area contributed by atoms with Crippen LogP contribution in [-0.4, -0.2) is 88.2 Å². The van der Waals surface area contributed by atoms with Crippen molar-refractivity contribution in [2.45, 2.75) is 108 Å². The van der Waals surface area contributed by atoms with E-state index in [-0.39, 0.29) is 42.4 Å². The summed E-state index contributed by atoms with van der Waals surface area (Å²) in [6, 6.07) is 10.4. The lowest BCUT2D eigenvalue weighted by molar-refractivity contribution is -0.154. The van der Waals surface area contributed by atoms with Gasteiger partial charge >= 0.3 is 24.2 Å². The van der Waals surface area contributed by atoms with Crippen LogP contribution >= 0.6 is 11.6 Å². The standard InChI is InChI=1S/C39H46ClF3N8O8/c1-37(2,3)59-36(56)46-27-7-5-6-26(20-27)44-31(54)29(52)17-16-28(32(55)57-4)47-30(53)22-8-14-25(15-9-22)45-33-48-34(50-35(49-33)58-21-39(41,42)43)51-38(18-19-38)23-10-12-24(40)13-11-23/h8-15,26-28H,5-7,16-21H2,1-4H3,(H,44,54)(H,46,56)(H,47,53)(H2,45,48,49,50,51). The van der Waals surface area contributed by atoms with Crippen molar-refractivity contribution in [3.63, 3.8) is 0 Å². The second kappa shape index (κ2) is 18.9. The molecule has 5 rings (SSSR count). The predicted molar refractivity (Wildman–Crippen MR) is 208 cm³/mol. The van der Waals surface area contributed by atoms with Crippen molar-refractivity contribution in [1.29, 1.82) is 0 Å². The van der Waals surface area contributed by atoms with E-state index in [1.165, 1.54) is 24.3 Å². The summed E-state index contributed by atoms with van der Waals surface area (Å²) in [4.78, 5) is 75.9. The Balaban J connectivity index is 1.17. The van der Waals surface area contributed by atoms with Crippen LogP contribution in [0.15, 0.2) is 48.5 Å². The van der Waals surface area contributed by atoms with Gasteiger partial charge in [0.05, 0.1) is 12.6 Å². The number of carbonyl (C=O) groups is 5. The van der Waals surface area contributed by atoms with Gasteiger partial charge in [0.25, 0.3) is 11.8 Å². The third-order valence-corrected chi connectivity index (χ3v) is 9.57. The first kappa shape index (κ1) is 44.4. The lowest BCUT2D eigenvalue weighted by atomic mass is 9.91. The summed E-state index contributed by atoms with van der Waals surface area (Å²) >= 11 is 6.04. The third-order valence-electron chi connectivity index (χ3n) is 9.32. The molecule has 2 aliphatic rings. The number of methoxy groups -OCH3 is 1. The van der Waals surface area contributed by atoms with Crippen molar-refractivity contribution in [3.8, 4) is 6.01 Å². The molecule has 318 valence electrons. The number of nitrogens with one attached hydrogen (secondary N) is 5. The van der Waals surface area contributed by atoms with E-state index in [2.05, 4.69) is 41.5 Å². The molecule has 5 N–H and O–H groups in total. The summed E-state index contributed by atoms with van der Waals surface area (Å²) in [5, 5.41) is 14.6. The number of anilines is 3. The molecule has 1 aromatic heterocycles. The summed E-state index contributed by atoms with van der Waals surface area (Å²) in [5.74, 6) is -3.36. The van der Waals surface area contributed by atoms with Gasteiger partial charge in [0.1, 0.15) is 11.6 Å². The number of carbonyl (C=O) groups excluding carboxylic acids is 5. The molecule has 20 heteroatoms. The summed E-state index contributed by atoms with van der Waals surface area (Å²) in [5.41, 5.74) is 0.0920. The van der Waals surface area contributed by atoms with Crippen molar-refractivity contribution < 1.29 is 51.4 Å². The zero-order valence-corrected chi connectivity index (χ0v) is 33.6. The summed E-state index contributed by atoms with van der Waals surface area (Å²) in [6.45, 7) is 3.62. The SMILES string of the molecule is COC(=O)C(CCC(=O)C(=O)NC1CCCC(NC(=O)OC(C)(C)C)C1)NC(=O)c1ccc(Nc2nc(NC3(c4ccc(Cl)cc4)CC3)nc(OCC(F)(F)F)n2)cc1. The maximum Gasteiger partial charge on any atom is 0.422 e. The van der Waals surface area contributed by atoms with E-state index in [1.807, 2.05) is 12.1 Å². The minimum Gasteiger partial charge on any atom is -0.467 e. The van der Waals surface area contributed by atoms with Gasteiger partial charge in [0.15, 0.2) is 6.61 Å². The molecule has 16 nitrogen and oxygen atoms in total. The number of halogens is 4. The van der Waals surface area contributed by atoms with Crippen molar-refractivity contribution in [2.75, 3.05) is 24.4 Å². The maximum absolute atomic E-state index is 13.2. The first-order valence-electron chi connectivity index (χ1n) is 18.9. The number of esters is 1. The average molecular weight is 847 g/mol. The van der Waals surface area contributed by atoms with Crippen molar-refractivity contribution in [2.24, 2.45) is 0 Å². The summed E-state index contributed by atoms with van der Waals surface area (Å²) in [7, 11) is 1.12. The largest absolute Gasteiger partial charge is 0.467 e. The van der Waals surface area contributed by atoms with Gasteiger partial charge in [-0.05, 0) is 108 Å². The Kier molecular flexibility index (Phi) is 14.2. The van der Waals surface area contributed by atoms with Gasteiger partial charge in [-0.25, -0.2) is 9.59 Å². The minimum atomic E-state index is -4.65. The van der Waals surface area contributed by atoms with Gasteiger partial charge in [-0.15, -0.1) is 0 Å². The molecule has 0 spiro atoms. The van der Waals surface area contributed by atoms with Crippen LogP contribution in [0.1, 0.15) is 88.1 Å². The number of Topliss-reactive ketones (excluding diaryl/α,β-unsaturated/α-hetero) is 1. The predicted octanol–water partition coefficient (Wildman–Crippen LogP) is 5.88. The summed E-state index contributed by atoms with van der Waals surface area (Å²) in [6.07, 6.45) is -2.01. The number of hydrogen-bond acceptors (Lipinski definition) is 13. The number of ketones is 1. The van der Waals surface area contributed by atoms with Crippen LogP contribution in [0, 0.1) is 0 Å². The number of alkyl carbamates (subject to hydrolysis) is 1. The van der Waals surface area contributed by atoms with E-state index in [0.717, 1.165) is 12.7 Å². The van der Waals surface area contributed by atoms with Gasteiger partial charge in [-0.1, -0.05) is 23.7 Å². The van der Waals surface area contributed by atoms with Crippen molar-refractivity contribution in [1.82, 2.24) is 30.9 Å². The maximum atomic E-state index is 13.2. The molecule has 2 aromatic carbocycles. The molecule has 3 amide bonds. The Hall–Kier alpha value is -5.72. The van der Waals surface area contributed by atoms with E-state index in [1.54, 1.807) is 32.9 Å². The first-order valence-corrected chi connectivity index (χ1v) is 19.3. The van der Waals surface area contributed by atoms with E-state index in [9.17, 15) is 37.1 Å². The Morgan fingerprint density at radius 3 is 2.15 bits per heavy atom. The average Bonchev–Trinajstić information content (AvgIpc) is 3.94. The number of alkyl halides is 3. The summed E-state index contributed by atoms with van der Waals surface area (Å²) < 4.78 is 53.9. The van der Waals surface area contributed by atoms with Crippen LogP contribution in [0.5, 0.6) is 6.01 Å². The second-order valence-corrected chi connectivity index (χ2v) is 15.7. The second-order valence-electron chi connectivity index (χ2n) is 15.3. The molecule has 59 heavy (non-hydrogen) atoms. The van der Waals surface area contributed by atoms with Crippen LogP contribution in [0.2, 0.25) is 5.02 Å². The minimum absolute atomic E-state index is 0.0387. The van der Waals surface area contributed by atoms with Crippen LogP contribution in [0.3, 0.4) is 0 Å². The number of nitrogens with zero attached hydrogens (tertiary/aromatic N) is 3. The van der Waals surface area contributed by atoms with Crippen LogP contribution in [0.4, 0.5) is 35.5 Å². The molecule has 3 unspecified atom stereocenters. The third kappa shape index (κ3) is 13.7. The Morgan fingerprint density at radius 2 is 1.54 bits per heavy atom. The Labute approximate surface area is 343 Å². The molecule has 3 atom stereocenters. The van der Waals surface area contributed by atoms with Crippen LogP contribution in [0.25, 0.3) is 0 Å². The van der Waals surface area contributed by atoms with Crippen molar-refractivity contribution in [3.05, 3.63) is 64.7 Å². The number of hydrogen-bond donors (Lipinski definition) is 5. The number of amides is 3. The molecule has 1 heterocycles. The highest BCUT2D eigenvalue weighted by molar-refractivity contribution is 6.36. The topological polar surface area (TPSA) is 212 Å². The molecule has 0 bridgehead atoms. The fourth-order valence-corrected chi connectivity index (χ4v) is 6.45. The molecule has 2 aliphatic carbocycles. The number of benzene rings is 2. The lowest BCUT2D eigenvalue weighted by Crippen LogP contribution is -2.48. The van der Waals surface area contributed by atoms with Gasteiger partial charge in [0.2, 0.25) is 17.7 Å². The number of ether oxygens (including phenoxy) is 3. The van der Waals surface area contributed by atoms with Gasteiger partial charge < -0.3 is 40.8 Å². The smallest absolute Gasteiger partial charge is 0.422 e. The van der Waals surface area contributed by atoms with E-state index < -0.39 is 65.6 Å². The molecule has 2 fully saturated rings. The molecule has 3 aromatic rings. The van der Waals surface area contributed by atoms with Crippen LogP contribution < -0.4 is 31.3 Å². The fraction of sp³-hybridized carbons (Fsp3) is 0.487.